The Bertz CT molecular complexity index is 306. The SMILES string of the molecule is COC(=O)C(I)CNCc1ccncc1. The molecule has 1 rings (SSSR count). The molecule has 0 aliphatic carbocycles. The maximum absolute atomic E-state index is 11.1. The molecule has 0 aliphatic heterocycles. The molecule has 1 atom stereocenters. The summed E-state index contributed by atoms with van der Waals surface area (Å²) in [7, 11) is 1.40. The summed E-state index contributed by atoms with van der Waals surface area (Å²) >= 11 is 2.06. The van der Waals surface area contributed by atoms with E-state index in [1.54, 1.807) is 12.4 Å². The third-order valence-electron chi connectivity index (χ3n) is 1.86. The van der Waals surface area contributed by atoms with E-state index in [2.05, 4.69) is 37.6 Å². The number of carbonyl (C=O) groups excluding carboxylic acids is 1. The first-order valence-corrected chi connectivity index (χ1v) is 5.80. The molecular weight excluding hydrogens is 307 g/mol. The number of hydrogen-bond donors (Lipinski definition) is 1. The van der Waals surface area contributed by atoms with Crippen LogP contribution < -0.4 is 5.32 Å². The Morgan fingerprint density at radius 1 is 1.60 bits per heavy atom. The molecule has 4 nitrogen and oxygen atoms in total. The van der Waals surface area contributed by atoms with E-state index >= 15 is 0 Å². The summed E-state index contributed by atoms with van der Waals surface area (Å²) in [6.07, 6.45) is 3.50. The van der Waals surface area contributed by atoms with Gasteiger partial charge in [0.2, 0.25) is 0 Å². The zero-order valence-electron chi connectivity index (χ0n) is 8.44. The van der Waals surface area contributed by atoms with Crippen LogP contribution in [0.5, 0.6) is 0 Å². The van der Waals surface area contributed by atoms with Gasteiger partial charge in [-0.05, 0) is 17.7 Å². The number of aromatic nitrogens is 1. The van der Waals surface area contributed by atoms with Gasteiger partial charge in [-0.1, -0.05) is 22.6 Å². The predicted octanol–water partition coefficient (Wildman–Crippen LogP) is 1.15. The minimum atomic E-state index is -0.196. The van der Waals surface area contributed by atoms with Crippen molar-refractivity contribution in [3.8, 4) is 0 Å². The molecule has 0 spiro atoms. The molecule has 5 heteroatoms. The highest BCUT2D eigenvalue weighted by atomic mass is 127. The van der Waals surface area contributed by atoms with E-state index in [0.29, 0.717) is 6.54 Å². The Kier molecular flexibility index (Phi) is 5.56. The van der Waals surface area contributed by atoms with E-state index in [0.717, 1.165) is 12.1 Å². The van der Waals surface area contributed by atoms with E-state index in [4.69, 9.17) is 0 Å². The molecule has 1 aromatic heterocycles. The summed E-state index contributed by atoms with van der Waals surface area (Å²) in [5.74, 6) is -0.196. The molecule has 1 unspecified atom stereocenters. The number of esters is 1. The predicted molar refractivity (Wildman–Crippen MR) is 65.8 cm³/mol. The lowest BCUT2D eigenvalue weighted by molar-refractivity contribution is -0.139. The largest absolute Gasteiger partial charge is 0.468 e. The van der Waals surface area contributed by atoms with Crippen molar-refractivity contribution in [1.29, 1.82) is 0 Å². The summed E-state index contributed by atoms with van der Waals surface area (Å²) in [6, 6.07) is 3.88. The number of halogens is 1. The molecule has 0 amide bonds. The summed E-state index contributed by atoms with van der Waals surface area (Å²) in [6.45, 7) is 1.34. The highest BCUT2D eigenvalue weighted by Crippen LogP contribution is 2.02. The molecule has 0 fully saturated rings. The third-order valence-corrected chi connectivity index (χ3v) is 2.81. The van der Waals surface area contributed by atoms with Crippen LogP contribution in [0.3, 0.4) is 0 Å². The molecule has 1 aromatic rings. The Morgan fingerprint density at radius 3 is 2.87 bits per heavy atom. The molecule has 0 aromatic carbocycles. The number of nitrogens with one attached hydrogen (secondary N) is 1. The normalized spacial score (nSPS) is 12.1. The zero-order chi connectivity index (χ0) is 11.1. The maximum Gasteiger partial charge on any atom is 0.319 e. The van der Waals surface area contributed by atoms with E-state index < -0.39 is 0 Å². The number of nitrogens with zero attached hydrogens (tertiary/aromatic N) is 1. The van der Waals surface area contributed by atoms with Crippen molar-refractivity contribution in [2.45, 2.75) is 10.5 Å². The minimum Gasteiger partial charge on any atom is -0.468 e. The van der Waals surface area contributed by atoms with E-state index in [-0.39, 0.29) is 9.89 Å². The third kappa shape index (κ3) is 4.57. The fraction of sp³-hybridized carbons (Fsp3) is 0.400. The van der Waals surface area contributed by atoms with Crippen molar-refractivity contribution < 1.29 is 9.53 Å². The van der Waals surface area contributed by atoms with Crippen LogP contribution in [0, 0.1) is 0 Å². The lowest BCUT2D eigenvalue weighted by Gasteiger charge is -2.08. The maximum atomic E-state index is 11.1. The lowest BCUT2D eigenvalue weighted by Crippen LogP contribution is -2.29. The molecule has 0 saturated carbocycles. The zero-order valence-corrected chi connectivity index (χ0v) is 10.6. The average molecular weight is 320 g/mol. The highest BCUT2D eigenvalue weighted by molar-refractivity contribution is 14.1. The Labute approximate surface area is 103 Å². The topological polar surface area (TPSA) is 51.2 Å². The molecule has 15 heavy (non-hydrogen) atoms. The van der Waals surface area contributed by atoms with Crippen LogP contribution in [0.1, 0.15) is 5.56 Å². The number of pyridine rings is 1. The standard InChI is InChI=1S/C10H13IN2O2/c1-15-10(14)9(11)7-13-6-8-2-4-12-5-3-8/h2-5,9,13H,6-7H2,1H3. The van der Waals surface area contributed by atoms with Crippen molar-refractivity contribution >= 4 is 28.6 Å². The Hall–Kier alpha value is -0.690. The van der Waals surface area contributed by atoms with Gasteiger partial charge in [0.05, 0.1) is 7.11 Å². The number of alkyl halides is 1. The Balaban J connectivity index is 2.25. The van der Waals surface area contributed by atoms with Crippen molar-refractivity contribution in [1.82, 2.24) is 10.3 Å². The van der Waals surface area contributed by atoms with Crippen LogP contribution in [0.15, 0.2) is 24.5 Å². The van der Waals surface area contributed by atoms with Gasteiger partial charge in [-0.25, -0.2) is 0 Å². The smallest absolute Gasteiger partial charge is 0.319 e. The summed E-state index contributed by atoms with van der Waals surface area (Å²) in [5, 5.41) is 3.18. The first kappa shape index (κ1) is 12.4. The summed E-state index contributed by atoms with van der Waals surface area (Å²) in [4.78, 5) is 15.0. The molecule has 0 aliphatic rings. The molecule has 0 bridgehead atoms. The van der Waals surface area contributed by atoms with Gasteiger partial charge < -0.3 is 10.1 Å². The second kappa shape index (κ2) is 6.73. The Morgan fingerprint density at radius 2 is 2.27 bits per heavy atom. The van der Waals surface area contributed by atoms with Gasteiger partial charge in [0.1, 0.15) is 3.92 Å². The van der Waals surface area contributed by atoms with E-state index in [1.165, 1.54) is 7.11 Å². The molecule has 0 saturated heterocycles. The number of methoxy groups -OCH3 is 1. The average Bonchev–Trinajstić information content (AvgIpc) is 2.29. The second-order valence-electron chi connectivity index (χ2n) is 2.98. The number of hydrogen-bond acceptors (Lipinski definition) is 4. The van der Waals surface area contributed by atoms with Gasteiger partial charge in [0.15, 0.2) is 0 Å². The first-order valence-electron chi connectivity index (χ1n) is 4.55. The van der Waals surface area contributed by atoms with Gasteiger partial charge in [0, 0.05) is 25.5 Å². The van der Waals surface area contributed by atoms with Gasteiger partial charge in [-0.3, -0.25) is 9.78 Å². The van der Waals surface area contributed by atoms with E-state index in [9.17, 15) is 4.79 Å². The molecule has 1 heterocycles. The molecule has 1 N–H and O–H groups in total. The number of rotatable bonds is 5. The van der Waals surface area contributed by atoms with Crippen LogP contribution in [0.2, 0.25) is 0 Å². The minimum absolute atomic E-state index is 0.144. The van der Waals surface area contributed by atoms with Gasteiger partial charge in [0.25, 0.3) is 0 Å². The van der Waals surface area contributed by atoms with Crippen molar-refractivity contribution in [2.75, 3.05) is 13.7 Å². The van der Waals surface area contributed by atoms with Crippen molar-refractivity contribution in [3.63, 3.8) is 0 Å². The molecular formula is C10H13IN2O2. The molecule has 82 valence electrons. The van der Waals surface area contributed by atoms with Crippen molar-refractivity contribution in [3.05, 3.63) is 30.1 Å². The quantitative estimate of drug-likeness (QED) is 0.502. The van der Waals surface area contributed by atoms with Crippen LogP contribution in [0.25, 0.3) is 0 Å². The van der Waals surface area contributed by atoms with Gasteiger partial charge >= 0.3 is 5.97 Å². The fourth-order valence-corrected chi connectivity index (χ4v) is 1.62. The van der Waals surface area contributed by atoms with E-state index in [1.807, 2.05) is 12.1 Å². The van der Waals surface area contributed by atoms with Crippen LogP contribution in [-0.4, -0.2) is 28.5 Å². The van der Waals surface area contributed by atoms with Gasteiger partial charge in [-0.2, -0.15) is 0 Å². The monoisotopic (exact) mass is 320 g/mol. The number of ether oxygens (including phenoxy) is 1. The fourth-order valence-electron chi connectivity index (χ4n) is 1.06. The number of carbonyl (C=O) groups is 1. The first-order chi connectivity index (χ1) is 7.24. The highest BCUT2D eigenvalue weighted by Gasteiger charge is 2.13. The summed E-state index contributed by atoms with van der Waals surface area (Å²) in [5.41, 5.74) is 1.15. The van der Waals surface area contributed by atoms with Crippen molar-refractivity contribution in [2.24, 2.45) is 0 Å². The van der Waals surface area contributed by atoms with Gasteiger partial charge in [-0.15, -0.1) is 0 Å². The molecule has 0 radical (unpaired) electrons. The lowest BCUT2D eigenvalue weighted by atomic mass is 10.2. The van der Waals surface area contributed by atoms with Crippen LogP contribution in [-0.2, 0) is 16.1 Å². The summed E-state index contributed by atoms with van der Waals surface area (Å²) < 4.78 is 4.47. The second-order valence-corrected chi connectivity index (χ2v) is 4.48. The van der Waals surface area contributed by atoms with Crippen LogP contribution >= 0.6 is 22.6 Å². The van der Waals surface area contributed by atoms with Crippen LogP contribution in [0.4, 0.5) is 0 Å².